The summed E-state index contributed by atoms with van der Waals surface area (Å²) in [5.74, 6) is 1.68. The van der Waals surface area contributed by atoms with Crippen LogP contribution in [-0.2, 0) is 29.2 Å². The van der Waals surface area contributed by atoms with Crippen LogP contribution >= 0.6 is 24.0 Å². The first-order valence-electron chi connectivity index (χ1n) is 10.7. The van der Waals surface area contributed by atoms with Crippen molar-refractivity contribution in [3.8, 4) is 5.75 Å². The van der Waals surface area contributed by atoms with Gasteiger partial charge in [0.15, 0.2) is 5.96 Å². The van der Waals surface area contributed by atoms with Crippen molar-refractivity contribution in [2.75, 3.05) is 33.0 Å². The number of rotatable bonds is 13. The van der Waals surface area contributed by atoms with Gasteiger partial charge in [-0.25, -0.2) is 4.99 Å². The number of hydrogen-bond donors (Lipinski definition) is 2. The molecule has 0 radical (unpaired) electrons. The fraction of sp³-hybridized carbons (Fsp3) is 0.458. The standard InChI is InChI=1S/C24H35N3O3.HI/c1-4-25-24(27-18-22-12-7-8-13-23(22)30-6-3)26-17-20-10-9-11-21(16-20)19-29-15-14-28-5-2;/h7-13,16H,4-6,14-15,17-19H2,1-3H3,(H2,25,26,27);1H. The van der Waals surface area contributed by atoms with Crippen molar-refractivity contribution in [3.63, 3.8) is 0 Å². The summed E-state index contributed by atoms with van der Waals surface area (Å²) in [6.45, 7) is 11.3. The van der Waals surface area contributed by atoms with E-state index in [1.807, 2.05) is 38.1 Å². The van der Waals surface area contributed by atoms with E-state index in [4.69, 9.17) is 19.2 Å². The van der Waals surface area contributed by atoms with Crippen molar-refractivity contribution in [1.82, 2.24) is 10.6 Å². The molecule has 0 heterocycles. The molecule has 0 fully saturated rings. The van der Waals surface area contributed by atoms with Gasteiger partial charge < -0.3 is 24.8 Å². The lowest BCUT2D eigenvalue weighted by Crippen LogP contribution is -2.36. The van der Waals surface area contributed by atoms with Crippen molar-refractivity contribution in [1.29, 1.82) is 0 Å². The van der Waals surface area contributed by atoms with E-state index in [2.05, 4.69) is 41.8 Å². The molecule has 0 bridgehead atoms. The normalized spacial score (nSPS) is 11.0. The summed E-state index contributed by atoms with van der Waals surface area (Å²) < 4.78 is 16.7. The highest BCUT2D eigenvalue weighted by Crippen LogP contribution is 2.17. The Morgan fingerprint density at radius 2 is 1.65 bits per heavy atom. The second kappa shape index (κ2) is 16.8. The van der Waals surface area contributed by atoms with E-state index < -0.39 is 0 Å². The van der Waals surface area contributed by atoms with Crippen molar-refractivity contribution in [3.05, 3.63) is 65.2 Å². The Hall–Kier alpha value is -1.84. The predicted molar refractivity (Wildman–Crippen MR) is 137 cm³/mol. The number of ether oxygens (including phenoxy) is 3. The fourth-order valence-corrected chi connectivity index (χ4v) is 2.91. The number of halogens is 1. The second-order valence-corrected chi connectivity index (χ2v) is 6.66. The highest BCUT2D eigenvalue weighted by Gasteiger charge is 2.04. The molecule has 7 heteroatoms. The quantitative estimate of drug-likeness (QED) is 0.169. The fourth-order valence-electron chi connectivity index (χ4n) is 2.91. The van der Waals surface area contributed by atoms with Crippen LogP contribution in [0.25, 0.3) is 0 Å². The molecule has 0 aromatic heterocycles. The van der Waals surface area contributed by atoms with Crippen molar-refractivity contribution < 1.29 is 14.2 Å². The molecule has 172 valence electrons. The minimum Gasteiger partial charge on any atom is -0.494 e. The van der Waals surface area contributed by atoms with Gasteiger partial charge in [0.05, 0.1) is 33.0 Å². The summed E-state index contributed by atoms with van der Waals surface area (Å²) in [5.41, 5.74) is 3.40. The molecular formula is C24H36IN3O3. The van der Waals surface area contributed by atoms with Crippen LogP contribution in [0.2, 0.25) is 0 Å². The third kappa shape index (κ3) is 10.8. The van der Waals surface area contributed by atoms with Crippen LogP contribution in [0.3, 0.4) is 0 Å². The molecule has 0 saturated heterocycles. The van der Waals surface area contributed by atoms with E-state index in [0.717, 1.165) is 41.6 Å². The Kier molecular flexibility index (Phi) is 14.7. The smallest absolute Gasteiger partial charge is 0.191 e. The van der Waals surface area contributed by atoms with Gasteiger partial charge in [-0.15, -0.1) is 24.0 Å². The molecule has 2 aromatic carbocycles. The number of para-hydroxylation sites is 1. The zero-order valence-electron chi connectivity index (χ0n) is 18.9. The zero-order valence-corrected chi connectivity index (χ0v) is 21.2. The number of hydrogen-bond acceptors (Lipinski definition) is 4. The van der Waals surface area contributed by atoms with Gasteiger partial charge >= 0.3 is 0 Å². The third-order valence-electron chi connectivity index (χ3n) is 4.32. The van der Waals surface area contributed by atoms with Gasteiger partial charge in [-0.1, -0.05) is 42.5 Å². The Bertz CT molecular complexity index is 771. The zero-order chi connectivity index (χ0) is 21.4. The SMILES string of the molecule is CCNC(=NCc1cccc(COCCOCC)c1)NCc1ccccc1OCC.I. The van der Waals surface area contributed by atoms with Crippen LogP contribution in [0.4, 0.5) is 0 Å². The molecule has 2 rings (SSSR count). The summed E-state index contributed by atoms with van der Waals surface area (Å²) in [7, 11) is 0. The maximum absolute atomic E-state index is 5.71. The van der Waals surface area contributed by atoms with Gasteiger partial charge in [0.1, 0.15) is 5.75 Å². The highest BCUT2D eigenvalue weighted by atomic mass is 127. The first-order chi connectivity index (χ1) is 14.8. The molecule has 0 aliphatic heterocycles. The number of guanidine groups is 1. The lowest BCUT2D eigenvalue weighted by atomic mass is 10.1. The Morgan fingerprint density at radius 3 is 2.42 bits per heavy atom. The van der Waals surface area contributed by atoms with E-state index >= 15 is 0 Å². The van der Waals surface area contributed by atoms with Gasteiger partial charge in [-0.05, 0) is 38.0 Å². The number of nitrogens with zero attached hydrogens (tertiary/aromatic N) is 1. The molecule has 6 nitrogen and oxygen atoms in total. The molecule has 0 aliphatic rings. The van der Waals surface area contributed by atoms with E-state index in [0.29, 0.717) is 39.5 Å². The number of benzene rings is 2. The van der Waals surface area contributed by atoms with Gasteiger partial charge in [-0.3, -0.25) is 0 Å². The van der Waals surface area contributed by atoms with E-state index in [1.165, 1.54) is 0 Å². The molecule has 0 unspecified atom stereocenters. The minimum absolute atomic E-state index is 0. The average Bonchev–Trinajstić information content (AvgIpc) is 2.77. The van der Waals surface area contributed by atoms with Gasteiger partial charge in [0, 0.05) is 25.3 Å². The summed E-state index contributed by atoms with van der Waals surface area (Å²) in [4.78, 5) is 4.73. The molecule has 31 heavy (non-hydrogen) atoms. The second-order valence-electron chi connectivity index (χ2n) is 6.66. The molecule has 2 aromatic rings. The van der Waals surface area contributed by atoms with Gasteiger partial charge in [-0.2, -0.15) is 0 Å². The maximum atomic E-state index is 5.71. The Morgan fingerprint density at radius 1 is 0.871 bits per heavy atom. The van der Waals surface area contributed by atoms with Crippen LogP contribution < -0.4 is 15.4 Å². The predicted octanol–water partition coefficient (Wildman–Crippen LogP) is 4.51. The van der Waals surface area contributed by atoms with Gasteiger partial charge in [0.2, 0.25) is 0 Å². The van der Waals surface area contributed by atoms with Crippen LogP contribution in [0.15, 0.2) is 53.5 Å². The number of nitrogens with one attached hydrogen (secondary N) is 2. The minimum atomic E-state index is 0. The Labute approximate surface area is 203 Å². The van der Waals surface area contributed by atoms with Crippen LogP contribution in [-0.4, -0.2) is 38.9 Å². The molecule has 0 saturated carbocycles. The summed E-state index contributed by atoms with van der Waals surface area (Å²) in [6.07, 6.45) is 0. The first-order valence-corrected chi connectivity index (χ1v) is 10.7. The monoisotopic (exact) mass is 541 g/mol. The molecule has 2 N–H and O–H groups in total. The van der Waals surface area contributed by atoms with Gasteiger partial charge in [0.25, 0.3) is 0 Å². The third-order valence-corrected chi connectivity index (χ3v) is 4.32. The molecule has 0 aliphatic carbocycles. The summed E-state index contributed by atoms with van der Waals surface area (Å²) in [5, 5.41) is 6.70. The molecular weight excluding hydrogens is 505 g/mol. The van der Waals surface area contributed by atoms with E-state index in [9.17, 15) is 0 Å². The van der Waals surface area contributed by atoms with Crippen molar-refractivity contribution >= 4 is 29.9 Å². The maximum Gasteiger partial charge on any atom is 0.191 e. The van der Waals surface area contributed by atoms with Crippen LogP contribution in [0, 0.1) is 0 Å². The van der Waals surface area contributed by atoms with Crippen LogP contribution in [0.1, 0.15) is 37.5 Å². The molecule has 0 amide bonds. The topological polar surface area (TPSA) is 64.1 Å². The average molecular weight is 541 g/mol. The highest BCUT2D eigenvalue weighted by molar-refractivity contribution is 14.0. The first kappa shape index (κ1) is 27.2. The lowest BCUT2D eigenvalue weighted by Gasteiger charge is -2.14. The van der Waals surface area contributed by atoms with Crippen molar-refractivity contribution in [2.45, 2.75) is 40.5 Å². The summed E-state index contributed by atoms with van der Waals surface area (Å²) >= 11 is 0. The van der Waals surface area contributed by atoms with E-state index in [1.54, 1.807) is 0 Å². The number of aliphatic imine (C=N–C) groups is 1. The molecule has 0 atom stereocenters. The molecule has 0 spiro atoms. The largest absolute Gasteiger partial charge is 0.494 e. The summed E-state index contributed by atoms with van der Waals surface area (Å²) in [6, 6.07) is 16.4. The lowest BCUT2D eigenvalue weighted by molar-refractivity contribution is 0.0453. The van der Waals surface area contributed by atoms with Crippen molar-refractivity contribution in [2.24, 2.45) is 4.99 Å². The Balaban J connectivity index is 0.00000480. The van der Waals surface area contributed by atoms with Crippen LogP contribution in [0.5, 0.6) is 5.75 Å². The van der Waals surface area contributed by atoms with E-state index in [-0.39, 0.29) is 24.0 Å².